The van der Waals surface area contributed by atoms with Crippen molar-refractivity contribution in [2.75, 3.05) is 20.2 Å². The van der Waals surface area contributed by atoms with E-state index in [9.17, 15) is 9.23 Å². The minimum absolute atomic E-state index is 0.00646. The number of pyridine rings is 1. The van der Waals surface area contributed by atoms with Crippen LogP contribution in [0, 0.1) is 5.41 Å². The third kappa shape index (κ3) is 4.43. The first-order valence-electron chi connectivity index (χ1n) is 10.0. The van der Waals surface area contributed by atoms with Crippen LogP contribution in [0.4, 0.5) is 0 Å². The third-order valence-electron chi connectivity index (χ3n) is 5.86. The highest BCUT2D eigenvalue weighted by Crippen LogP contribution is 2.48. The summed E-state index contributed by atoms with van der Waals surface area (Å²) in [5.41, 5.74) is 0.503. The molecule has 1 aromatic heterocycles. The van der Waals surface area contributed by atoms with Gasteiger partial charge in [-0.3, -0.25) is 0 Å². The number of piperidine rings is 1. The molecule has 2 N–H and O–H groups in total. The van der Waals surface area contributed by atoms with Crippen molar-refractivity contribution in [3.8, 4) is 5.88 Å². The van der Waals surface area contributed by atoms with Gasteiger partial charge < -0.3 is 19.8 Å². The molecule has 0 bridgehead atoms. The van der Waals surface area contributed by atoms with Crippen LogP contribution < -0.4 is 15.5 Å². The normalized spacial score (nSPS) is 23.1. The Kier molecular flexibility index (Phi) is 6.82. The first-order chi connectivity index (χ1) is 13.3. The van der Waals surface area contributed by atoms with Gasteiger partial charge in [-0.1, -0.05) is 12.5 Å². The topological polar surface area (TPSA) is 83.9 Å². The molecule has 156 valence electrons. The Morgan fingerprint density at radius 1 is 1.36 bits per heavy atom. The Morgan fingerprint density at radius 2 is 2.07 bits per heavy atom. The average Bonchev–Trinajstić information content (AvgIpc) is 3.07. The smallest absolute Gasteiger partial charge is 0.481 e. The summed E-state index contributed by atoms with van der Waals surface area (Å²) in [5.74, 6) is 0.305. The Morgan fingerprint density at radius 3 is 2.71 bits per heavy atom. The molecular formula is C19H32BN3O4S. The number of hydrogen-bond acceptors (Lipinski definition) is 6. The Balaban J connectivity index is 1.90. The fraction of sp³-hybridized carbons (Fsp3) is 0.737. The molecule has 0 amide bonds. The van der Waals surface area contributed by atoms with E-state index in [2.05, 4.69) is 10.3 Å². The van der Waals surface area contributed by atoms with Crippen molar-refractivity contribution >= 4 is 23.6 Å². The van der Waals surface area contributed by atoms with Gasteiger partial charge in [0.15, 0.2) is 0 Å². The van der Waals surface area contributed by atoms with Gasteiger partial charge in [-0.15, -0.1) is 4.47 Å². The van der Waals surface area contributed by atoms with Crippen molar-refractivity contribution in [3.05, 3.63) is 18.3 Å². The molecule has 2 aliphatic rings. The largest absolute Gasteiger partial charge is 0.515 e. The summed E-state index contributed by atoms with van der Waals surface area (Å²) >= 11 is 0. The molecule has 1 spiro atoms. The molecule has 2 heterocycles. The van der Waals surface area contributed by atoms with E-state index in [4.69, 9.17) is 9.49 Å². The molecule has 7 nitrogen and oxygen atoms in total. The molecule has 0 aromatic carbocycles. The zero-order valence-corrected chi connectivity index (χ0v) is 18.1. The highest BCUT2D eigenvalue weighted by atomic mass is 32.2. The van der Waals surface area contributed by atoms with Crippen molar-refractivity contribution in [3.63, 3.8) is 0 Å². The zero-order chi connectivity index (χ0) is 20.4. The summed E-state index contributed by atoms with van der Waals surface area (Å²) in [6.07, 6.45) is 6.77. The summed E-state index contributed by atoms with van der Waals surface area (Å²) in [6.45, 7) is 7.72. The van der Waals surface area contributed by atoms with E-state index in [-0.39, 0.29) is 11.5 Å². The number of aromatic nitrogens is 1. The van der Waals surface area contributed by atoms with E-state index in [0.717, 1.165) is 45.2 Å². The second-order valence-electron chi connectivity index (χ2n) is 8.73. The average molecular weight is 409 g/mol. The molecule has 1 aliphatic carbocycles. The van der Waals surface area contributed by atoms with E-state index in [0.29, 0.717) is 11.3 Å². The summed E-state index contributed by atoms with van der Waals surface area (Å²) in [6, 6.07) is 3.44. The van der Waals surface area contributed by atoms with Gasteiger partial charge in [0.05, 0.1) is 17.9 Å². The van der Waals surface area contributed by atoms with Gasteiger partial charge >= 0.3 is 7.12 Å². The second-order valence-corrected chi connectivity index (χ2v) is 10.8. The molecule has 0 unspecified atom stereocenters. The van der Waals surface area contributed by atoms with E-state index in [1.165, 1.54) is 7.11 Å². The van der Waals surface area contributed by atoms with Crippen molar-refractivity contribution in [1.82, 2.24) is 14.8 Å². The molecular weight excluding hydrogens is 377 g/mol. The number of hydrogen-bond donors (Lipinski definition) is 2. The minimum Gasteiger partial charge on any atom is -0.481 e. The van der Waals surface area contributed by atoms with E-state index in [1.54, 1.807) is 22.8 Å². The first-order valence-corrected chi connectivity index (χ1v) is 11.1. The predicted molar refractivity (Wildman–Crippen MR) is 111 cm³/mol. The predicted octanol–water partition coefficient (Wildman–Crippen LogP) is 1.40. The molecule has 2 atom stereocenters. The standard InChI is InChI=1S/C19H32BN3O4S/c1-18(2,3)28(25)23(16-8-5-9-19(16)10-13-21-14-11-19)27-20(24)15-7-6-12-22-17(15)26-4/h6-7,12,16,21,24H,5,8-11,13-14H2,1-4H3/t16-,28-/m1/s1. The van der Waals surface area contributed by atoms with E-state index >= 15 is 0 Å². The summed E-state index contributed by atoms with van der Waals surface area (Å²) in [5, 5.41) is 14.3. The van der Waals surface area contributed by atoms with Crippen LogP contribution in [0.15, 0.2) is 18.3 Å². The zero-order valence-electron chi connectivity index (χ0n) is 17.3. The molecule has 2 fully saturated rings. The van der Waals surface area contributed by atoms with Gasteiger partial charge in [0, 0.05) is 11.7 Å². The SMILES string of the molecule is COc1ncccc1B(O)ON([C@@H]1CCCC12CCNCC2)[S@](=O)C(C)(C)C. The van der Waals surface area contributed by atoms with Gasteiger partial charge in [0.1, 0.15) is 11.0 Å². The third-order valence-corrected chi connectivity index (χ3v) is 7.58. The monoisotopic (exact) mass is 409 g/mol. The fourth-order valence-electron chi connectivity index (χ4n) is 4.37. The van der Waals surface area contributed by atoms with Crippen LogP contribution in [0.5, 0.6) is 5.88 Å². The molecule has 1 saturated carbocycles. The molecule has 9 heteroatoms. The van der Waals surface area contributed by atoms with Crippen molar-refractivity contribution in [2.24, 2.45) is 5.41 Å². The van der Waals surface area contributed by atoms with Crippen LogP contribution in [-0.4, -0.2) is 56.8 Å². The molecule has 0 radical (unpaired) electrons. The minimum atomic E-state index is -1.43. The van der Waals surface area contributed by atoms with Crippen LogP contribution in [0.1, 0.15) is 52.9 Å². The number of nitrogens with one attached hydrogen (secondary N) is 1. The van der Waals surface area contributed by atoms with E-state index < -0.39 is 22.9 Å². The maximum atomic E-state index is 13.4. The Hall–Kier alpha value is -0.995. The van der Waals surface area contributed by atoms with Gasteiger partial charge in [0.2, 0.25) is 5.88 Å². The lowest BCUT2D eigenvalue weighted by Crippen LogP contribution is -2.55. The molecule has 1 saturated heterocycles. The van der Waals surface area contributed by atoms with Gasteiger partial charge in [-0.25, -0.2) is 9.19 Å². The first kappa shape index (κ1) is 21.7. The van der Waals surface area contributed by atoms with Crippen LogP contribution in [-0.2, 0) is 15.7 Å². The number of hydroxylamine groups is 1. The van der Waals surface area contributed by atoms with Crippen LogP contribution >= 0.6 is 0 Å². The molecule has 28 heavy (non-hydrogen) atoms. The Labute approximate surface area is 170 Å². The molecule has 3 rings (SSSR count). The van der Waals surface area contributed by atoms with E-state index in [1.807, 2.05) is 20.8 Å². The van der Waals surface area contributed by atoms with Gasteiger partial charge in [0.25, 0.3) is 0 Å². The lowest BCUT2D eigenvalue weighted by atomic mass is 9.74. The summed E-state index contributed by atoms with van der Waals surface area (Å²) < 4.78 is 25.8. The van der Waals surface area contributed by atoms with Gasteiger partial charge in [-0.2, -0.15) is 0 Å². The lowest BCUT2D eigenvalue weighted by molar-refractivity contribution is -0.0629. The summed E-state index contributed by atoms with van der Waals surface area (Å²) in [4.78, 5) is 4.14. The second kappa shape index (κ2) is 8.79. The van der Waals surface area contributed by atoms with Crippen molar-refractivity contribution < 1.29 is 18.7 Å². The number of nitrogens with zero attached hydrogens (tertiary/aromatic N) is 2. The van der Waals surface area contributed by atoms with Gasteiger partial charge in [-0.05, 0) is 71.0 Å². The van der Waals surface area contributed by atoms with Crippen molar-refractivity contribution in [1.29, 1.82) is 0 Å². The highest BCUT2D eigenvalue weighted by molar-refractivity contribution is 7.83. The van der Waals surface area contributed by atoms with Crippen LogP contribution in [0.3, 0.4) is 0 Å². The maximum Gasteiger partial charge on any atom is 0.515 e. The van der Waals surface area contributed by atoms with Crippen molar-refractivity contribution in [2.45, 2.75) is 63.7 Å². The fourth-order valence-corrected chi connectivity index (χ4v) is 5.63. The Bertz CT molecular complexity index is 694. The van der Waals surface area contributed by atoms with Crippen LogP contribution in [0.25, 0.3) is 0 Å². The number of methoxy groups -OCH3 is 1. The highest BCUT2D eigenvalue weighted by Gasteiger charge is 2.50. The summed E-state index contributed by atoms with van der Waals surface area (Å²) in [7, 11) is -1.22. The maximum absolute atomic E-state index is 13.4. The van der Waals surface area contributed by atoms with Crippen LogP contribution in [0.2, 0.25) is 0 Å². The molecule has 1 aromatic rings. The number of rotatable bonds is 6. The quantitative estimate of drug-likeness (QED) is 0.546. The lowest BCUT2D eigenvalue weighted by Gasteiger charge is -2.44. The molecule has 1 aliphatic heterocycles. The number of ether oxygens (including phenoxy) is 1.